The van der Waals surface area contributed by atoms with Crippen LogP contribution in [0.5, 0.6) is 11.5 Å². The number of esters is 1. The van der Waals surface area contributed by atoms with Crippen LogP contribution in [0.25, 0.3) is 0 Å². The Bertz CT molecular complexity index is 1140. The van der Waals surface area contributed by atoms with Crippen molar-refractivity contribution in [2.24, 2.45) is 4.40 Å². The summed E-state index contributed by atoms with van der Waals surface area (Å²) in [7, 11) is -0.646. The topological polar surface area (TPSA) is 94.5 Å². The molecule has 4 rings (SSSR count). The van der Waals surface area contributed by atoms with Crippen LogP contribution in [0.1, 0.15) is 41.6 Å². The lowest BCUT2D eigenvalue weighted by atomic mass is 9.98. The van der Waals surface area contributed by atoms with Crippen molar-refractivity contribution < 1.29 is 27.4 Å². The Hall–Kier alpha value is -3.07. The van der Waals surface area contributed by atoms with E-state index in [2.05, 4.69) is 9.30 Å². The molecule has 8 nitrogen and oxygen atoms in total. The summed E-state index contributed by atoms with van der Waals surface area (Å²) in [4.78, 5) is 14.9. The summed E-state index contributed by atoms with van der Waals surface area (Å²) >= 11 is 0. The van der Waals surface area contributed by atoms with E-state index in [-0.39, 0.29) is 17.5 Å². The average molecular weight is 459 g/mol. The van der Waals surface area contributed by atoms with Crippen LogP contribution in [-0.4, -0.2) is 58.5 Å². The maximum atomic E-state index is 12.6. The molecule has 2 aromatic rings. The van der Waals surface area contributed by atoms with Crippen LogP contribution in [0.15, 0.2) is 51.8 Å². The molecule has 0 spiro atoms. The zero-order chi connectivity index (χ0) is 22.7. The highest BCUT2D eigenvalue weighted by Gasteiger charge is 2.35. The zero-order valence-corrected chi connectivity index (χ0v) is 18.9. The number of fused-ring (bicyclic) bond motifs is 1. The first kappa shape index (κ1) is 22.1. The van der Waals surface area contributed by atoms with Crippen molar-refractivity contribution in [1.29, 1.82) is 0 Å². The third kappa shape index (κ3) is 4.29. The second kappa shape index (κ2) is 9.20. The average Bonchev–Trinajstić information content (AvgIpc) is 3.09. The molecule has 1 unspecified atom stereocenters. The third-order valence-electron chi connectivity index (χ3n) is 5.82. The van der Waals surface area contributed by atoms with E-state index in [4.69, 9.17) is 14.2 Å². The first-order chi connectivity index (χ1) is 15.4. The molecular formula is C23H26N2O6S. The van der Waals surface area contributed by atoms with Crippen LogP contribution in [0.2, 0.25) is 0 Å². The van der Waals surface area contributed by atoms with Gasteiger partial charge in [-0.3, -0.25) is 0 Å². The van der Waals surface area contributed by atoms with Gasteiger partial charge < -0.3 is 19.1 Å². The third-order valence-corrected chi connectivity index (χ3v) is 7.15. The number of sulfonamides is 1. The maximum Gasteiger partial charge on any atom is 0.341 e. The number of methoxy groups -OCH3 is 2. The second-order valence-corrected chi connectivity index (χ2v) is 9.29. The number of piperidine rings is 1. The van der Waals surface area contributed by atoms with Gasteiger partial charge >= 0.3 is 5.97 Å². The molecule has 0 N–H and O–H groups in total. The summed E-state index contributed by atoms with van der Waals surface area (Å²) < 4.78 is 45.0. The number of hydrogen-bond donors (Lipinski definition) is 0. The van der Waals surface area contributed by atoms with Gasteiger partial charge in [0.25, 0.3) is 10.0 Å². The van der Waals surface area contributed by atoms with Crippen LogP contribution >= 0.6 is 0 Å². The van der Waals surface area contributed by atoms with Crippen LogP contribution in [0.3, 0.4) is 0 Å². The lowest BCUT2D eigenvalue weighted by Crippen LogP contribution is -2.44. The highest BCUT2D eigenvalue weighted by molar-refractivity contribution is 7.90. The Morgan fingerprint density at radius 1 is 1.12 bits per heavy atom. The monoisotopic (exact) mass is 458 g/mol. The minimum absolute atomic E-state index is 0.0365. The van der Waals surface area contributed by atoms with Crippen molar-refractivity contribution in [3.8, 4) is 11.5 Å². The molecule has 2 aliphatic heterocycles. The molecule has 9 heteroatoms. The highest BCUT2D eigenvalue weighted by atomic mass is 32.2. The van der Waals surface area contributed by atoms with Crippen LogP contribution in [0.4, 0.5) is 0 Å². The molecule has 0 radical (unpaired) electrons. The van der Waals surface area contributed by atoms with Crippen molar-refractivity contribution in [2.75, 3.05) is 27.4 Å². The number of ether oxygens (including phenoxy) is 3. The Morgan fingerprint density at radius 3 is 2.72 bits per heavy atom. The molecule has 0 aliphatic carbocycles. The first-order valence-electron chi connectivity index (χ1n) is 10.5. The van der Waals surface area contributed by atoms with E-state index in [9.17, 15) is 13.2 Å². The Balaban J connectivity index is 1.45. The number of carbonyl (C=O) groups is 1. The van der Waals surface area contributed by atoms with Gasteiger partial charge in [0.05, 0.1) is 20.8 Å². The largest absolute Gasteiger partial charge is 0.497 e. The smallest absolute Gasteiger partial charge is 0.341 e. The van der Waals surface area contributed by atoms with Crippen LogP contribution in [0, 0.1) is 0 Å². The van der Waals surface area contributed by atoms with E-state index < -0.39 is 16.0 Å². The number of carbonyl (C=O) groups excluding carboxylic acids is 1. The van der Waals surface area contributed by atoms with Gasteiger partial charge in [-0.1, -0.05) is 12.1 Å². The minimum atomic E-state index is -3.67. The van der Waals surface area contributed by atoms with E-state index in [1.54, 1.807) is 43.5 Å². The summed E-state index contributed by atoms with van der Waals surface area (Å²) in [6, 6.07) is 11.9. The predicted molar refractivity (Wildman–Crippen MR) is 119 cm³/mol. The van der Waals surface area contributed by atoms with Crippen molar-refractivity contribution in [3.63, 3.8) is 0 Å². The van der Waals surface area contributed by atoms with Crippen molar-refractivity contribution in [3.05, 3.63) is 53.6 Å². The lowest BCUT2D eigenvalue weighted by Gasteiger charge is -2.37. The van der Waals surface area contributed by atoms with E-state index in [0.717, 1.165) is 19.3 Å². The molecule has 170 valence electrons. The number of nitrogens with zero attached hydrogens (tertiary/aromatic N) is 2. The number of likely N-dealkylation sites (tertiary alicyclic amines) is 1. The van der Waals surface area contributed by atoms with Crippen LogP contribution in [-0.2, 0) is 14.8 Å². The fourth-order valence-electron chi connectivity index (χ4n) is 4.21. The number of rotatable bonds is 6. The molecule has 1 saturated heterocycles. The Kier molecular flexibility index (Phi) is 6.36. The number of benzene rings is 2. The maximum absolute atomic E-state index is 12.6. The molecule has 0 amide bonds. The van der Waals surface area contributed by atoms with Gasteiger partial charge in [-0.15, -0.1) is 4.40 Å². The van der Waals surface area contributed by atoms with Gasteiger partial charge in [0, 0.05) is 30.6 Å². The second-order valence-electron chi connectivity index (χ2n) is 7.72. The molecule has 1 fully saturated rings. The number of hydrogen-bond acceptors (Lipinski definition) is 7. The Morgan fingerprint density at radius 2 is 1.94 bits per heavy atom. The van der Waals surface area contributed by atoms with Gasteiger partial charge in [-0.2, -0.15) is 8.42 Å². The quantitative estimate of drug-likeness (QED) is 0.613. The molecular weight excluding hydrogens is 432 g/mol. The van der Waals surface area contributed by atoms with Crippen molar-refractivity contribution >= 4 is 21.8 Å². The van der Waals surface area contributed by atoms with E-state index in [0.29, 0.717) is 41.4 Å². The van der Waals surface area contributed by atoms with E-state index in [1.165, 1.54) is 7.11 Å². The minimum Gasteiger partial charge on any atom is -0.497 e. The van der Waals surface area contributed by atoms with E-state index in [1.807, 2.05) is 6.07 Å². The fraction of sp³-hybridized carbons (Fsp3) is 0.391. The first-order valence-corrected chi connectivity index (χ1v) is 12.0. The molecule has 2 heterocycles. The molecule has 2 aromatic carbocycles. The van der Waals surface area contributed by atoms with Crippen molar-refractivity contribution in [1.82, 2.24) is 4.90 Å². The normalized spacial score (nSPS) is 19.1. The van der Waals surface area contributed by atoms with Crippen LogP contribution < -0.4 is 9.47 Å². The fourth-order valence-corrected chi connectivity index (χ4v) is 5.42. The highest BCUT2D eigenvalue weighted by Crippen LogP contribution is 2.31. The Labute approximate surface area is 187 Å². The van der Waals surface area contributed by atoms with Gasteiger partial charge in [0.15, 0.2) is 5.84 Å². The van der Waals surface area contributed by atoms with Gasteiger partial charge in [-0.25, -0.2) is 4.79 Å². The summed E-state index contributed by atoms with van der Waals surface area (Å²) in [6.45, 7) is 0.921. The van der Waals surface area contributed by atoms with E-state index >= 15 is 0 Å². The molecule has 0 aromatic heterocycles. The van der Waals surface area contributed by atoms with Crippen molar-refractivity contribution in [2.45, 2.75) is 36.6 Å². The predicted octanol–water partition coefficient (Wildman–Crippen LogP) is 3.25. The van der Waals surface area contributed by atoms with Gasteiger partial charge in [-0.05, 0) is 43.5 Å². The summed E-state index contributed by atoms with van der Waals surface area (Å²) in [6.07, 6.45) is 3.44. The molecule has 1 atom stereocenters. The molecule has 2 aliphatic rings. The van der Waals surface area contributed by atoms with Gasteiger partial charge in [0.1, 0.15) is 22.0 Å². The molecule has 0 bridgehead atoms. The molecule has 32 heavy (non-hydrogen) atoms. The van der Waals surface area contributed by atoms with Gasteiger partial charge in [0.2, 0.25) is 0 Å². The lowest BCUT2D eigenvalue weighted by molar-refractivity contribution is 0.0463. The standard InChI is InChI=1S/C23H26N2O6S/c1-29-17-10-11-18(20(15-17)30-2)23(26)31-14-12-16-7-5-6-13-25(16)22-19-8-3-4-9-21(19)32(27,28)24-22/h3-4,8-11,15-16H,5-7,12-14H2,1-2H3. The molecule has 0 saturated carbocycles. The summed E-state index contributed by atoms with van der Waals surface area (Å²) in [5.74, 6) is 0.992. The zero-order valence-electron chi connectivity index (χ0n) is 18.1. The summed E-state index contributed by atoms with van der Waals surface area (Å²) in [5, 5.41) is 0. The summed E-state index contributed by atoms with van der Waals surface area (Å²) in [5.41, 5.74) is 0.966. The number of amidine groups is 1. The SMILES string of the molecule is COc1ccc(C(=O)OCCC2CCCCN2C2=NS(=O)(=O)c3ccccc32)c(OC)c1.